The van der Waals surface area contributed by atoms with Gasteiger partial charge in [-0.25, -0.2) is 4.98 Å². The monoisotopic (exact) mass is 197 g/mol. The molecule has 1 unspecified atom stereocenters. The van der Waals surface area contributed by atoms with Crippen molar-refractivity contribution in [2.75, 3.05) is 13.2 Å². The maximum Gasteiger partial charge on any atom is 0.311 e. The van der Waals surface area contributed by atoms with Crippen molar-refractivity contribution < 1.29 is 14.6 Å². The average molecular weight is 197 g/mol. The molecule has 1 aromatic heterocycles. The predicted molar refractivity (Wildman–Crippen MR) is 45.9 cm³/mol. The van der Waals surface area contributed by atoms with Gasteiger partial charge in [-0.15, -0.1) is 0 Å². The van der Waals surface area contributed by atoms with Crippen molar-refractivity contribution in [3.8, 4) is 0 Å². The lowest BCUT2D eigenvalue weighted by Gasteiger charge is -1.98. The molecule has 2 rings (SSSR count). The molecule has 1 atom stereocenters. The third-order valence-electron chi connectivity index (χ3n) is 2.16. The molecule has 1 saturated heterocycles. The largest absolute Gasteiger partial charge is 0.481 e. The standard InChI is InChI=1S/C8H11N3O3/c12-7(13)3-6-9-8(11-10-6)5-1-2-14-4-5/h5H,1-4H2,(H,12,13)(H,9,10,11). The first kappa shape index (κ1) is 9.14. The van der Waals surface area contributed by atoms with Crippen molar-refractivity contribution in [2.24, 2.45) is 0 Å². The Morgan fingerprint density at radius 1 is 1.71 bits per heavy atom. The van der Waals surface area contributed by atoms with Gasteiger partial charge in [0.25, 0.3) is 0 Å². The summed E-state index contributed by atoms with van der Waals surface area (Å²) in [5.74, 6) is 0.377. The van der Waals surface area contributed by atoms with Gasteiger partial charge in [0.15, 0.2) is 5.82 Å². The molecule has 0 bridgehead atoms. The molecule has 1 aliphatic heterocycles. The highest BCUT2D eigenvalue weighted by atomic mass is 16.5. The Labute approximate surface area is 80.3 Å². The van der Waals surface area contributed by atoms with Gasteiger partial charge in [-0.05, 0) is 6.42 Å². The Morgan fingerprint density at radius 2 is 2.57 bits per heavy atom. The molecule has 0 spiro atoms. The lowest BCUT2D eigenvalue weighted by molar-refractivity contribution is -0.136. The van der Waals surface area contributed by atoms with E-state index in [1.165, 1.54) is 0 Å². The number of aromatic nitrogens is 3. The number of aliphatic carboxylic acids is 1. The summed E-state index contributed by atoms with van der Waals surface area (Å²) in [4.78, 5) is 14.5. The highest BCUT2D eigenvalue weighted by Crippen LogP contribution is 2.21. The van der Waals surface area contributed by atoms with Crippen molar-refractivity contribution >= 4 is 5.97 Å². The van der Waals surface area contributed by atoms with Gasteiger partial charge in [0, 0.05) is 12.5 Å². The lowest BCUT2D eigenvalue weighted by Crippen LogP contribution is -2.03. The summed E-state index contributed by atoms with van der Waals surface area (Å²) >= 11 is 0. The Hall–Kier alpha value is -1.43. The molecule has 2 N–H and O–H groups in total. The fraction of sp³-hybridized carbons (Fsp3) is 0.625. The van der Waals surface area contributed by atoms with Crippen LogP contribution in [-0.2, 0) is 16.0 Å². The van der Waals surface area contributed by atoms with Crippen LogP contribution in [-0.4, -0.2) is 39.5 Å². The topological polar surface area (TPSA) is 88.1 Å². The van der Waals surface area contributed by atoms with E-state index in [0.717, 1.165) is 13.0 Å². The molecule has 2 heterocycles. The molecule has 0 aliphatic carbocycles. The quantitative estimate of drug-likeness (QED) is 0.708. The van der Waals surface area contributed by atoms with Crippen LogP contribution in [0.4, 0.5) is 0 Å². The maximum atomic E-state index is 10.4. The average Bonchev–Trinajstić information content (AvgIpc) is 2.69. The summed E-state index contributed by atoms with van der Waals surface area (Å²) in [5, 5.41) is 15.1. The first-order valence-corrected chi connectivity index (χ1v) is 4.46. The van der Waals surface area contributed by atoms with E-state index in [-0.39, 0.29) is 12.3 Å². The summed E-state index contributed by atoms with van der Waals surface area (Å²) in [7, 11) is 0. The van der Waals surface area contributed by atoms with Gasteiger partial charge < -0.3 is 9.84 Å². The predicted octanol–water partition coefficient (Wildman–Crippen LogP) is -0.0643. The van der Waals surface area contributed by atoms with Crippen molar-refractivity contribution in [3.05, 3.63) is 11.6 Å². The molecule has 1 aromatic rings. The molecule has 76 valence electrons. The summed E-state index contributed by atoms with van der Waals surface area (Å²) < 4.78 is 5.19. The third kappa shape index (κ3) is 1.90. The smallest absolute Gasteiger partial charge is 0.311 e. The number of aromatic amines is 1. The van der Waals surface area contributed by atoms with Crippen LogP contribution >= 0.6 is 0 Å². The first-order chi connectivity index (χ1) is 6.75. The molecule has 1 fully saturated rings. The Balaban J connectivity index is 2.05. The van der Waals surface area contributed by atoms with Gasteiger partial charge in [-0.3, -0.25) is 9.89 Å². The van der Waals surface area contributed by atoms with Crippen molar-refractivity contribution in [3.63, 3.8) is 0 Å². The summed E-state index contributed by atoms with van der Waals surface area (Å²) in [5.41, 5.74) is 0. The number of hydrogen-bond donors (Lipinski definition) is 2. The number of carbonyl (C=O) groups is 1. The van der Waals surface area contributed by atoms with E-state index in [9.17, 15) is 4.79 Å². The molecule has 0 aromatic carbocycles. The fourth-order valence-corrected chi connectivity index (χ4v) is 1.45. The van der Waals surface area contributed by atoms with Gasteiger partial charge in [0.1, 0.15) is 12.2 Å². The molecular formula is C8H11N3O3. The van der Waals surface area contributed by atoms with E-state index >= 15 is 0 Å². The Morgan fingerprint density at radius 3 is 3.21 bits per heavy atom. The van der Waals surface area contributed by atoms with E-state index < -0.39 is 5.97 Å². The number of rotatable bonds is 3. The van der Waals surface area contributed by atoms with Crippen LogP contribution in [0.3, 0.4) is 0 Å². The lowest BCUT2D eigenvalue weighted by atomic mass is 10.1. The number of nitrogens with one attached hydrogen (secondary N) is 1. The van der Waals surface area contributed by atoms with E-state index in [2.05, 4.69) is 15.2 Å². The Kier molecular flexibility index (Phi) is 2.45. The normalized spacial score (nSPS) is 21.3. The number of carboxylic acids is 1. The van der Waals surface area contributed by atoms with Crippen LogP contribution < -0.4 is 0 Å². The van der Waals surface area contributed by atoms with Crippen molar-refractivity contribution in [1.82, 2.24) is 15.2 Å². The molecule has 0 radical (unpaired) electrons. The minimum atomic E-state index is -0.907. The highest BCUT2D eigenvalue weighted by Gasteiger charge is 2.22. The second-order valence-corrected chi connectivity index (χ2v) is 3.27. The minimum Gasteiger partial charge on any atom is -0.481 e. The van der Waals surface area contributed by atoms with E-state index in [1.54, 1.807) is 0 Å². The van der Waals surface area contributed by atoms with E-state index in [1.807, 2.05) is 0 Å². The summed E-state index contributed by atoms with van der Waals surface area (Å²) in [6.45, 7) is 1.36. The number of hydrogen-bond acceptors (Lipinski definition) is 4. The van der Waals surface area contributed by atoms with Gasteiger partial charge in [-0.1, -0.05) is 0 Å². The van der Waals surface area contributed by atoms with Crippen LogP contribution in [0.1, 0.15) is 24.0 Å². The molecule has 0 saturated carbocycles. The zero-order chi connectivity index (χ0) is 9.97. The minimum absolute atomic E-state index is 0.111. The van der Waals surface area contributed by atoms with Crippen molar-refractivity contribution in [2.45, 2.75) is 18.8 Å². The van der Waals surface area contributed by atoms with Gasteiger partial charge in [0.05, 0.1) is 6.61 Å². The van der Waals surface area contributed by atoms with Crippen LogP contribution in [0.25, 0.3) is 0 Å². The van der Waals surface area contributed by atoms with Crippen LogP contribution in [0.15, 0.2) is 0 Å². The van der Waals surface area contributed by atoms with Crippen LogP contribution in [0.5, 0.6) is 0 Å². The molecular weight excluding hydrogens is 186 g/mol. The number of nitrogens with zero attached hydrogens (tertiary/aromatic N) is 2. The third-order valence-corrected chi connectivity index (χ3v) is 2.16. The molecule has 1 aliphatic rings. The molecule has 14 heavy (non-hydrogen) atoms. The van der Waals surface area contributed by atoms with E-state index in [4.69, 9.17) is 9.84 Å². The summed E-state index contributed by atoms with van der Waals surface area (Å²) in [6.07, 6.45) is 0.797. The van der Waals surface area contributed by atoms with E-state index in [0.29, 0.717) is 18.3 Å². The number of H-pyrrole nitrogens is 1. The maximum absolute atomic E-state index is 10.4. The van der Waals surface area contributed by atoms with Gasteiger partial charge in [0.2, 0.25) is 0 Å². The Bertz CT molecular complexity index is 330. The summed E-state index contributed by atoms with van der Waals surface area (Å²) in [6, 6.07) is 0. The SMILES string of the molecule is O=C(O)Cc1nc(C2CCOC2)n[nH]1. The second kappa shape index (κ2) is 3.75. The van der Waals surface area contributed by atoms with Gasteiger partial charge >= 0.3 is 5.97 Å². The van der Waals surface area contributed by atoms with Crippen LogP contribution in [0.2, 0.25) is 0 Å². The van der Waals surface area contributed by atoms with Crippen molar-refractivity contribution in [1.29, 1.82) is 0 Å². The molecule has 6 nitrogen and oxygen atoms in total. The first-order valence-electron chi connectivity index (χ1n) is 4.46. The van der Waals surface area contributed by atoms with Gasteiger partial charge in [-0.2, -0.15) is 5.10 Å². The molecule has 6 heteroatoms. The second-order valence-electron chi connectivity index (χ2n) is 3.27. The zero-order valence-electron chi connectivity index (χ0n) is 7.56. The number of ether oxygens (including phenoxy) is 1. The highest BCUT2D eigenvalue weighted by molar-refractivity contribution is 5.68. The van der Waals surface area contributed by atoms with Crippen LogP contribution in [0, 0.1) is 0 Å². The number of carboxylic acid groups (broad SMARTS) is 1. The zero-order valence-corrected chi connectivity index (χ0v) is 7.56. The fourth-order valence-electron chi connectivity index (χ4n) is 1.45. The molecule has 0 amide bonds.